The van der Waals surface area contributed by atoms with E-state index in [0.29, 0.717) is 12.0 Å². The molecule has 1 aliphatic rings. The quantitative estimate of drug-likeness (QED) is 0.840. The molecule has 0 aliphatic heterocycles. The summed E-state index contributed by atoms with van der Waals surface area (Å²) in [6, 6.07) is 5.51. The summed E-state index contributed by atoms with van der Waals surface area (Å²) in [5, 5.41) is 11.5. The van der Waals surface area contributed by atoms with Crippen LogP contribution in [0.15, 0.2) is 24.3 Å². The molecular formula is C15H16F3NO4. The highest BCUT2D eigenvalue weighted by molar-refractivity contribution is 5.89. The van der Waals surface area contributed by atoms with Crippen molar-refractivity contribution in [1.29, 1.82) is 0 Å². The molecule has 1 aliphatic carbocycles. The maximum absolute atomic E-state index is 12.0. The molecule has 1 aromatic carbocycles. The van der Waals surface area contributed by atoms with Gasteiger partial charge in [0, 0.05) is 0 Å². The van der Waals surface area contributed by atoms with Crippen LogP contribution in [0.5, 0.6) is 5.75 Å². The Labute approximate surface area is 130 Å². The van der Waals surface area contributed by atoms with Crippen LogP contribution in [0, 0.1) is 11.8 Å². The second-order valence-corrected chi connectivity index (χ2v) is 5.49. The molecule has 23 heavy (non-hydrogen) atoms. The molecule has 5 nitrogen and oxygen atoms in total. The Morgan fingerprint density at radius 1 is 1.30 bits per heavy atom. The molecule has 0 aromatic heterocycles. The number of ether oxygens (including phenoxy) is 1. The van der Waals surface area contributed by atoms with Crippen LogP contribution in [0.25, 0.3) is 0 Å². The van der Waals surface area contributed by atoms with Gasteiger partial charge in [-0.25, -0.2) is 0 Å². The first-order valence-electron chi connectivity index (χ1n) is 7.00. The van der Waals surface area contributed by atoms with E-state index in [0.717, 1.165) is 0 Å². The van der Waals surface area contributed by atoms with Crippen LogP contribution in [0.3, 0.4) is 0 Å². The molecule has 3 atom stereocenters. The summed E-state index contributed by atoms with van der Waals surface area (Å²) in [5.41, 5.74) is 0.685. The first kappa shape index (κ1) is 17.1. The number of hydrogen-bond donors (Lipinski definition) is 2. The van der Waals surface area contributed by atoms with Crippen LogP contribution in [0.4, 0.5) is 13.2 Å². The van der Waals surface area contributed by atoms with Gasteiger partial charge in [0.15, 0.2) is 6.61 Å². The third kappa shape index (κ3) is 4.87. The number of hydrogen-bond acceptors (Lipinski definition) is 3. The second-order valence-electron chi connectivity index (χ2n) is 5.49. The van der Waals surface area contributed by atoms with Gasteiger partial charge in [0.2, 0.25) is 5.91 Å². The first-order chi connectivity index (χ1) is 10.7. The number of carboxylic acid groups (broad SMARTS) is 1. The van der Waals surface area contributed by atoms with Gasteiger partial charge >= 0.3 is 12.1 Å². The number of rotatable bonds is 6. The third-order valence-corrected chi connectivity index (χ3v) is 3.59. The van der Waals surface area contributed by atoms with Crippen molar-refractivity contribution in [2.24, 2.45) is 11.8 Å². The molecule has 1 saturated carbocycles. The van der Waals surface area contributed by atoms with E-state index in [1.807, 2.05) is 0 Å². The van der Waals surface area contributed by atoms with Gasteiger partial charge in [-0.15, -0.1) is 0 Å². The lowest BCUT2D eigenvalue weighted by Crippen LogP contribution is -2.29. The fourth-order valence-corrected chi connectivity index (χ4v) is 2.18. The average molecular weight is 331 g/mol. The normalized spacial score (nSPS) is 21.4. The lowest BCUT2D eigenvalue weighted by Gasteiger charge is -2.15. The van der Waals surface area contributed by atoms with Crippen molar-refractivity contribution in [1.82, 2.24) is 5.32 Å². The minimum absolute atomic E-state index is 0.0812. The lowest BCUT2D eigenvalue weighted by atomic mass is 10.1. The summed E-state index contributed by atoms with van der Waals surface area (Å²) < 4.78 is 40.7. The number of nitrogens with one attached hydrogen (secondary N) is 1. The third-order valence-electron chi connectivity index (χ3n) is 3.59. The number of halogens is 3. The molecule has 0 unspecified atom stereocenters. The minimum atomic E-state index is -4.40. The van der Waals surface area contributed by atoms with Crippen molar-refractivity contribution in [3.8, 4) is 5.75 Å². The summed E-state index contributed by atoms with van der Waals surface area (Å²) in [6.45, 7) is 0.346. The summed E-state index contributed by atoms with van der Waals surface area (Å²) >= 11 is 0. The van der Waals surface area contributed by atoms with E-state index in [1.54, 1.807) is 19.1 Å². The van der Waals surface area contributed by atoms with Gasteiger partial charge in [-0.05, 0) is 31.0 Å². The van der Waals surface area contributed by atoms with Crippen LogP contribution >= 0.6 is 0 Å². The molecule has 0 bridgehead atoms. The zero-order valence-corrected chi connectivity index (χ0v) is 12.3. The van der Waals surface area contributed by atoms with Crippen LogP contribution in [-0.4, -0.2) is 29.8 Å². The molecule has 2 N–H and O–H groups in total. The van der Waals surface area contributed by atoms with E-state index in [9.17, 15) is 22.8 Å². The predicted octanol–water partition coefficient (Wildman–Crippen LogP) is 2.53. The van der Waals surface area contributed by atoms with Crippen molar-refractivity contribution >= 4 is 11.9 Å². The summed E-state index contributed by atoms with van der Waals surface area (Å²) in [6.07, 6.45) is -4.07. The Balaban J connectivity index is 1.87. The molecule has 0 heterocycles. The van der Waals surface area contributed by atoms with Gasteiger partial charge in [-0.1, -0.05) is 12.1 Å². The number of alkyl halides is 3. The molecule has 0 saturated heterocycles. The van der Waals surface area contributed by atoms with E-state index >= 15 is 0 Å². The molecule has 1 fully saturated rings. The highest BCUT2D eigenvalue weighted by Crippen LogP contribution is 2.39. The molecular weight excluding hydrogens is 315 g/mol. The van der Waals surface area contributed by atoms with E-state index in [-0.39, 0.29) is 17.7 Å². The van der Waals surface area contributed by atoms with E-state index < -0.39 is 30.6 Å². The Morgan fingerprint density at radius 3 is 2.39 bits per heavy atom. The number of carbonyl (C=O) groups excluding carboxylic acids is 1. The van der Waals surface area contributed by atoms with E-state index in [2.05, 4.69) is 10.1 Å². The summed E-state index contributed by atoms with van der Waals surface area (Å²) in [5.74, 6) is -2.37. The van der Waals surface area contributed by atoms with E-state index in [1.165, 1.54) is 12.1 Å². The van der Waals surface area contributed by atoms with Crippen molar-refractivity contribution in [3.05, 3.63) is 29.8 Å². The predicted molar refractivity (Wildman–Crippen MR) is 73.8 cm³/mol. The standard InChI is InChI=1S/C15H16F3NO4/c1-8(19-13(20)11-6-12(11)14(21)22)9-2-4-10(5-3-9)23-7-15(16,17)18/h2-5,8,11-12H,6-7H2,1H3,(H,19,20)(H,21,22)/t8-,11-,12-/m0/s1. The average Bonchev–Trinajstić information content (AvgIpc) is 3.25. The van der Waals surface area contributed by atoms with Crippen LogP contribution in [-0.2, 0) is 9.59 Å². The van der Waals surface area contributed by atoms with Gasteiger partial charge in [-0.3, -0.25) is 9.59 Å². The molecule has 1 aromatic rings. The Hall–Kier alpha value is -2.25. The topological polar surface area (TPSA) is 75.6 Å². The highest BCUT2D eigenvalue weighted by atomic mass is 19.4. The number of carbonyl (C=O) groups is 2. The van der Waals surface area contributed by atoms with Crippen LogP contribution in [0.1, 0.15) is 24.9 Å². The van der Waals surface area contributed by atoms with Crippen molar-refractivity contribution in [2.75, 3.05) is 6.61 Å². The molecule has 1 amide bonds. The van der Waals surface area contributed by atoms with Crippen LogP contribution < -0.4 is 10.1 Å². The summed E-state index contributed by atoms with van der Waals surface area (Å²) in [7, 11) is 0. The van der Waals surface area contributed by atoms with E-state index in [4.69, 9.17) is 5.11 Å². The number of aliphatic carboxylic acids is 1. The van der Waals surface area contributed by atoms with Crippen LogP contribution in [0.2, 0.25) is 0 Å². The molecule has 0 radical (unpaired) electrons. The maximum atomic E-state index is 12.0. The SMILES string of the molecule is C[C@H](NC(=O)[C@H]1C[C@@H]1C(=O)O)c1ccc(OCC(F)(F)F)cc1. The summed E-state index contributed by atoms with van der Waals surface area (Å²) in [4.78, 5) is 22.6. The molecule has 0 spiro atoms. The zero-order valence-electron chi connectivity index (χ0n) is 12.3. The Kier molecular flexibility index (Phi) is 4.82. The smallest absolute Gasteiger partial charge is 0.422 e. The van der Waals surface area contributed by atoms with Gasteiger partial charge in [0.25, 0.3) is 0 Å². The largest absolute Gasteiger partial charge is 0.484 e. The number of benzene rings is 1. The Morgan fingerprint density at radius 2 is 1.91 bits per heavy atom. The fraction of sp³-hybridized carbons (Fsp3) is 0.467. The molecule has 8 heteroatoms. The monoisotopic (exact) mass is 331 g/mol. The highest BCUT2D eigenvalue weighted by Gasteiger charge is 2.48. The van der Waals surface area contributed by atoms with Crippen molar-refractivity contribution < 1.29 is 32.6 Å². The number of amides is 1. The molecule has 2 rings (SSSR count). The fourth-order valence-electron chi connectivity index (χ4n) is 2.18. The van der Waals surface area contributed by atoms with Crippen molar-refractivity contribution in [2.45, 2.75) is 25.6 Å². The van der Waals surface area contributed by atoms with Crippen molar-refractivity contribution in [3.63, 3.8) is 0 Å². The van der Waals surface area contributed by atoms with Gasteiger partial charge in [0.1, 0.15) is 5.75 Å². The van der Waals surface area contributed by atoms with Gasteiger partial charge in [0.05, 0.1) is 17.9 Å². The molecule has 126 valence electrons. The second kappa shape index (κ2) is 6.47. The lowest BCUT2D eigenvalue weighted by molar-refractivity contribution is -0.153. The zero-order chi connectivity index (χ0) is 17.2. The minimum Gasteiger partial charge on any atom is -0.484 e. The van der Waals surface area contributed by atoms with Gasteiger partial charge in [-0.2, -0.15) is 13.2 Å². The maximum Gasteiger partial charge on any atom is 0.422 e. The first-order valence-corrected chi connectivity index (χ1v) is 7.00. The number of carboxylic acids is 1. The Bertz CT molecular complexity index is 585. The van der Waals surface area contributed by atoms with Gasteiger partial charge < -0.3 is 15.2 Å².